The Bertz CT molecular complexity index is 609. The summed E-state index contributed by atoms with van der Waals surface area (Å²) >= 11 is 0. The van der Waals surface area contributed by atoms with Gasteiger partial charge >= 0.3 is 0 Å². The average Bonchev–Trinajstić information content (AvgIpc) is 2.67. The summed E-state index contributed by atoms with van der Waals surface area (Å²) in [4.78, 5) is 8.93. The Morgan fingerprint density at radius 3 is 2.92 bits per heavy atom. The number of rotatable bonds is 6. The van der Waals surface area contributed by atoms with Crippen LogP contribution in [0.4, 0.5) is 5.82 Å². The fourth-order valence-corrected chi connectivity index (χ4v) is 3.13. The van der Waals surface area contributed by atoms with E-state index in [0.29, 0.717) is 6.04 Å². The highest BCUT2D eigenvalue weighted by atomic mass is 16.5. The van der Waals surface area contributed by atoms with Gasteiger partial charge < -0.3 is 9.64 Å². The Morgan fingerprint density at radius 1 is 1.33 bits per heavy atom. The number of pyridine rings is 1. The van der Waals surface area contributed by atoms with Crippen LogP contribution in [-0.2, 0) is 4.74 Å². The van der Waals surface area contributed by atoms with Crippen LogP contribution in [0.2, 0.25) is 0 Å². The van der Waals surface area contributed by atoms with Gasteiger partial charge in [-0.1, -0.05) is 6.07 Å². The number of ether oxygens (including phenoxy) is 1. The lowest BCUT2D eigenvalue weighted by Crippen LogP contribution is -2.48. The first-order chi connectivity index (χ1) is 11.8. The first-order valence-corrected chi connectivity index (χ1v) is 8.56. The number of anilines is 1. The van der Waals surface area contributed by atoms with Gasteiger partial charge in [-0.2, -0.15) is 5.10 Å². The minimum Gasteiger partial charge on any atom is -0.374 e. The third-order valence-corrected chi connectivity index (χ3v) is 4.57. The number of hydrogen-bond acceptors (Lipinski definition) is 6. The molecule has 24 heavy (non-hydrogen) atoms. The van der Waals surface area contributed by atoms with Gasteiger partial charge in [0.15, 0.2) is 5.82 Å². The maximum absolute atomic E-state index is 6.00. The van der Waals surface area contributed by atoms with Crippen LogP contribution in [0.15, 0.2) is 42.9 Å². The minimum absolute atomic E-state index is 0.167. The van der Waals surface area contributed by atoms with Gasteiger partial charge in [0.25, 0.3) is 0 Å². The monoisotopic (exact) mass is 327 g/mol. The van der Waals surface area contributed by atoms with Crippen LogP contribution >= 0.6 is 0 Å². The van der Waals surface area contributed by atoms with Crippen molar-refractivity contribution in [3.63, 3.8) is 0 Å². The zero-order valence-electron chi connectivity index (χ0n) is 14.4. The van der Waals surface area contributed by atoms with Crippen molar-refractivity contribution in [1.29, 1.82) is 0 Å². The number of aromatic nitrogens is 3. The molecule has 128 valence electrons. The Labute approximate surface area is 143 Å². The highest BCUT2D eigenvalue weighted by molar-refractivity contribution is 5.36. The second-order valence-corrected chi connectivity index (χ2v) is 6.07. The summed E-state index contributed by atoms with van der Waals surface area (Å²) in [6.45, 7) is 8.69. The highest BCUT2D eigenvalue weighted by Gasteiger charge is 2.26. The molecule has 6 heteroatoms. The third kappa shape index (κ3) is 4.07. The normalized spacial score (nSPS) is 19.8. The summed E-state index contributed by atoms with van der Waals surface area (Å²) in [5, 5.41) is 8.20. The summed E-state index contributed by atoms with van der Waals surface area (Å²) in [6, 6.07) is 8.40. The van der Waals surface area contributed by atoms with Gasteiger partial charge in [0.2, 0.25) is 0 Å². The van der Waals surface area contributed by atoms with E-state index in [1.165, 1.54) is 5.56 Å². The molecule has 0 saturated carbocycles. The largest absolute Gasteiger partial charge is 0.374 e. The molecular weight excluding hydrogens is 302 g/mol. The lowest BCUT2D eigenvalue weighted by molar-refractivity contribution is -0.0372. The van der Waals surface area contributed by atoms with E-state index in [4.69, 9.17) is 4.74 Å². The molecule has 0 N–H and O–H groups in total. The molecule has 3 rings (SSSR count). The molecule has 0 bridgehead atoms. The van der Waals surface area contributed by atoms with E-state index in [2.05, 4.69) is 44.9 Å². The molecule has 1 aliphatic rings. The molecule has 0 aliphatic carbocycles. The quantitative estimate of drug-likeness (QED) is 0.810. The molecule has 6 nitrogen and oxygen atoms in total. The molecule has 2 atom stereocenters. The number of likely N-dealkylation sites (N-methyl/N-ethyl adjacent to an activating group) is 1. The van der Waals surface area contributed by atoms with Crippen molar-refractivity contribution in [2.45, 2.75) is 26.0 Å². The van der Waals surface area contributed by atoms with E-state index in [-0.39, 0.29) is 6.10 Å². The summed E-state index contributed by atoms with van der Waals surface area (Å²) in [5.74, 6) is 0.904. The van der Waals surface area contributed by atoms with E-state index in [0.717, 1.165) is 38.6 Å². The van der Waals surface area contributed by atoms with Crippen LogP contribution < -0.4 is 4.90 Å². The molecular formula is C18H25N5O. The summed E-state index contributed by atoms with van der Waals surface area (Å²) in [5.41, 5.74) is 1.25. The summed E-state index contributed by atoms with van der Waals surface area (Å²) in [7, 11) is 0. The molecule has 0 unspecified atom stereocenters. The first-order valence-electron chi connectivity index (χ1n) is 8.56. The van der Waals surface area contributed by atoms with Crippen LogP contribution in [0.1, 0.15) is 25.5 Å². The summed E-state index contributed by atoms with van der Waals surface area (Å²) < 4.78 is 6.00. The van der Waals surface area contributed by atoms with Gasteiger partial charge in [0.05, 0.1) is 12.7 Å². The standard InChI is InChI=1S/C18H25N5O/c1-3-22(18-7-5-9-20-21-18)13-17-14-23(10-11-24-17)15(2)16-6-4-8-19-12-16/h4-9,12,15,17H,3,10-11,13-14H2,1-2H3/t15-,17+/m0/s1. The van der Waals surface area contributed by atoms with Crippen LogP contribution in [0.3, 0.4) is 0 Å². The Hall–Kier alpha value is -2.05. The predicted octanol–water partition coefficient (Wildman–Crippen LogP) is 2.16. The molecule has 1 aliphatic heterocycles. The smallest absolute Gasteiger partial charge is 0.151 e. The van der Waals surface area contributed by atoms with Gasteiger partial charge in [0, 0.05) is 50.8 Å². The van der Waals surface area contributed by atoms with Gasteiger partial charge in [-0.05, 0) is 37.6 Å². The number of morpholine rings is 1. The second-order valence-electron chi connectivity index (χ2n) is 6.07. The lowest BCUT2D eigenvalue weighted by atomic mass is 10.1. The number of hydrogen-bond donors (Lipinski definition) is 0. The van der Waals surface area contributed by atoms with Crippen LogP contribution in [0, 0.1) is 0 Å². The minimum atomic E-state index is 0.167. The molecule has 0 aromatic carbocycles. The molecule has 3 heterocycles. The molecule has 1 fully saturated rings. The zero-order chi connectivity index (χ0) is 16.8. The maximum atomic E-state index is 6.00. The van der Waals surface area contributed by atoms with Crippen LogP contribution in [0.25, 0.3) is 0 Å². The molecule has 2 aromatic heterocycles. The Morgan fingerprint density at radius 2 is 2.21 bits per heavy atom. The van der Waals surface area contributed by atoms with Crippen molar-refractivity contribution in [2.24, 2.45) is 0 Å². The van der Waals surface area contributed by atoms with E-state index < -0.39 is 0 Å². The van der Waals surface area contributed by atoms with Crippen molar-refractivity contribution in [2.75, 3.05) is 37.7 Å². The Kier molecular flexibility index (Phi) is 5.72. The van der Waals surface area contributed by atoms with Crippen molar-refractivity contribution in [3.05, 3.63) is 48.4 Å². The van der Waals surface area contributed by atoms with E-state index >= 15 is 0 Å². The van der Waals surface area contributed by atoms with Crippen molar-refractivity contribution < 1.29 is 4.74 Å². The van der Waals surface area contributed by atoms with Crippen molar-refractivity contribution in [1.82, 2.24) is 20.1 Å². The van der Waals surface area contributed by atoms with E-state index in [1.807, 2.05) is 30.6 Å². The predicted molar refractivity (Wildman–Crippen MR) is 93.9 cm³/mol. The molecule has 1 saturated heterocycles. The maximum Gasteiger partial charge on any atom is 0.151 e. The lowest BCUT2D eigenvalue weighted by Gasteiger charge is -2.38. The third-order valence-electron chi connectivity index (χ3n) is 4.57. The molecule has 2 aromatic rings. The Balaban J connectivity index is 1.63. The zero-order valence-corrected chi connectivity index (χ0v) is 14.4. The first kappa shape index (κ1) is 16.8. The van der Waals surface area contributed by atoms with Crippen molar-refractivity contribution in [3.8, 4) is 0 Å². The fraction of sp³-hybridized carbons (Fsp3) is 0.500. The van der Waals surface area contributed by atoms with Crippen LogP contribution in [-0.4, -0.2) is 59.0 Å². The summed E-state index contributed by atoms with van der Waals surface area (Å²) in [6.07, 6.45) is 5.64. The topological polar surface area (TPSA) is 54.4 Å². The average molecular weight is 327 g/mol. The highest BCUT2D eigenvalue weighted by Crippen LogP contribution is 2.22. The van der Waals surface area contributed by atoms with Crippen molar-refractivity contribution >= 4 is 5.82 Å². The fourth-order valence-electron chi connectivity index (χ4n) is 3.13. The number of nitrogens with zero attached hydrogens (tertiary/aromatic N) is 5. The van der Waals surface area contributed by atoms with Crippen LogP contribution in [0.5, 0.6) is 0 Å². The molecule has 0 radical (unpaired) electrons. The van der Waals surface area contributed by atoms with Gasteiger partial charge in [-0.25, -0.2) is 0 Å². The van der Waals surface area contributed by atoms with Gasteiger partial charge in [-0.15, -0.1) is 5.10 Å². The van der Waals surface area contributed by atoms with Gasteiger partial charge in [-0.3, -0.25) is 9.88 Å². The molecule has 0 amide bonds. The second kappa shape index (κ2) is 8.17. The van der Waals surface area contributed by atoms with E-state index in [1.54, 1.807) is 6.20 Å². The molecule has 0 spiro atoms. The van der Waals surface area contributed by atoms with E-state index in [9.17, 15) is 0 Å². The SMILES string of the molecule is CCN(C[C@@H]1CN([C@@H](C)c2cccnc2)CCO1)c1cccnn1. The van der Waals surface area contributed by atoms with Gasteiger partial charge in [0.1, 0.15) is 0 Å².